The lowest BCUT2D eigenvalue weighted by Gasteiger charge is -2.53. The number of allylic oxidation sites excluding steroid dienone is 1. The molecule has 1 aromatic rings. The van der Waals surface area contributed by atoms with Crippen molar-refractivity contribution in [1.29, 1.82) is 0 Å². The van der Waals surface area contributed by atoms with Crippen molar-refractivity contribution >= 4 is 5.91 Å². The Labute approximate surface area is 175 Å². The molecule has 0 bridgehead atoms. The number of hydrogen-bond donors (Lipinski definition) is 1. The number of fused-ring (bicyclic) bond motifs is 1. The number of rotatable bonds is 6. The average molecular weight is 400 g/mol. The molecule has 6 heteroatoms. The van der Waals surface area contributed by atoms with E-state index in [0.29, 0.717) is 0 Å². The normalized spacial score (nSPS) is 28.6. The minimum Gasteiger partial charge on any atom is -0.352 e. The molecule has 29 heavy (non-hydrogen) atoms. The van der Waals surface area contributed by atoms with E-state index in [9.17, 15) is 4.79 Å². The Morgan fingerprint density at radius 1 is 1.28 bits per heavy atom. The molecular formula is C23H37N5O. The lowest BCUT2D eigenvalue weighted by atomic mass is 9.67. The molecule has 160 valence electrons. The number of nitrogens with zero attached hydrogens (tertiary/aromatic N) is 4. The largest absolute Gasteiger partial charge is 0.352 e. The van der Waals surface area contributed by atoms with Crippen LogP contribution in [0.25, 0.3) is 0 Å². The molecule has 2 saturated heterocycles. The molecule has 3 heterocycles. The summed E-state index contributed by atoms with van der Waals surface area (Å²) < 4.78 is 1.99. The molecule has 0 spiro atoms. The SMILES string of the molecule is CCn1cc(CN2CCC[C@@]3(C(=O)NCC4=CCCCC4)CCN(C)C[C@H]23)cn1. The number of carbonyl (C=O) groups excluding carboxylic acids is 1. The number of amides is 1. The smallest absolute Gasteiger partial charge is 0.228 e. The zero-order valence-corrected chi connectivity index (χ0v) is 18.2. The van der Waals surface area contributed by atoms with Crippen LogP contribution in [0, 0.1) is 5.41 Å². The van der Waals surface area contributed by atoms with Crippen LogP contribution in [0.3, 0.4) is 0 Å². The first-order chi connectivity index (χ1) is 14.1. The maximum absolute atomic E-state index is 13.6. The van der Waals surface area contributed by atoms with Crippen LogP contribution in [0.2, 0.25) is 0 Å². The van der Waals surface area contributed by atoms with Gasteiger partial charge in [0.1, 0.15) is 0 Å². The van der Waals surface area contributed by atoms with Crippen molar-refractivity contribution < 1.29 is 4.79 Å². The third kappa shape index (κ3) is 4.43. The molecule has 2 fully saturated rings. The van der Waals surface area contributed by atoms with Crippen LogP contribution in [0.1, 0.15) is 57.4 Å². The van der Waals surface area contributed by atoms with Gasteiger partial charge in [-0.25, -0.2) is 0 Å². The van der Waals surface area contributed by atoms with Gasteiger partial charge in [-0.3, -0.25) is 14.4 Å². The van der Waals surface area contributed by atoms with Gasteiger partial charge in [-0.2, -0.15) is 5.10 Å². The highest BCUT2D eigenvalue weighted by Crippen LogP contribution is 2.43. The van der Waals surface area contributed by atoms with Crippen LogP contribution in [-0.2, 0) is 17.9 Å². The zero-order chi connectivity index (χ0) is 20.3. The second-order valence-corrected chi connectivity index (χ2v) is 9.25. The summed E-state index contributed by atoms with van der Waals surface area (Å²) in [6.07, 6.45) is 14.4. The Kier molecular flexibility index (Phi) is 6.40. The van der Waals surface area contributed by atoms with Gasteiger partial charge in [0.2, 0.25) is 5.91 Å². The maximum atomic E-state index is 13.6. The van der Waals surface area contributed by atoms with Gasteiger partial charge in [0, 0.05) is 44.0 Å². The standard InChI is InChI=1S/C23H37N5O/c1-3-28-17-20(15-25-28)16-27-12-7-10-23(11-13-26(2)18-21(23)27)22(29)24-14-19-8-5-4-6-9-19/h8,15,17,21H,3-7,9-14,16,18H2,1-2H3,(H,24,29)/t21-,23+/m0/s1. The first-order valence-electron chi connectivity index (χ1n) is 11.5. The van der Waals surface area contributed by atoms with Crippen molar-refractivity contribution in [1.82, 2.24) is 24.9 Å². The third-order valence-corrected chi connectivity index (χ3v) is 7.28. The highest BCUT2D eigenvalue weighted by Gasteiger charge is 2.52. The van der Waals surface area contributed by atoms with Gasteiger partial charge in [-0.05, 0) is 72.0 Å². The highest BCUT2D eigenvalue weighted by atomic mass is 16.2. The number of piperidine rings is 2. The summed E-state index contributed by atoms with van der Waals surface area (Å²) in [7, 11) is 2.19. The lowest BCUT2D eigenvalue weighted by Crippen LogP contribution is -2.65. The van der Waals surface area contributed by atoms with Gasteiger partial charge in [-0.1, -0.05) is 11.6 Å². The third-order valence-electron chi connectivity index (χ3n) is 7.28. The van der Waals surface area contributed by atoms with E-state index in [1.807, 2.05) is 10.9 Å². The van der Waals surface area contributed by atoms with Crippen molar-refractivity contribution in [3.05, 3.63) is 29.6 Å². The van der Waals surface area contributed by atoms with E-state index in [4.69, 9.17) is 0 Å². The van der Waals surface area contributed by atoms with Gasteiger partial charge >= 0.3 is 0 Å². The molecule has 1 aromatic heterocycles. The van der Waals surface area contributed by atoms with E-state index in [0.717, 1.165) is 65.0 Å². The Morgan fingerprint density at radius 2 is 2.17 bits per heavy atom. The molecule has 0 unspecified atom stereocenters. The fraction of sp³-hybridized carbons (Fsp3) is 0.739. The summed E-state index contributed by atoms with van der Waals surface area (Å²) in [6.45, 7) is 7.69. The number of hydrogen-bond acceptors (Lipinski definition) is 4. The van der Waals surface area contributed by atoms with Crippen molar-refractivity contribution in [2.75, 3.05) is 33.2 Å². The zero-order valence-electron chi connectivity index (χ0n) is 18.2. The number of nitrogens with one attached hydrogen (secondary N) is 1. The first kappa shape index (κ1) is 20.6. The Bertz CT molecular complexity index is 741. The van der Waals surface area contributed by atoms with Crippen LogP contribution < -0.4 is 5.32 Å². The summed E-state index contributed by atoms with van der Waals surface area (Å²) in [4.78, 5) is 18.5. The Morgan fingerprint density at radius 3 is 2.93 bits per heavy atom. The summed E-state index contributed by atoms with van der Waals surface area (Å²) >= 11 is 0. The van der Waals surface area contributed by atoms with Crippen LogP contribution in [0.15, 0.2) is 24.0 Å². The molecule has 1 aliphatic carbocycles. The number of carbonyl (C=O) groups is 1. The molecule has 3 aliphatic rings. The molecule has 0 aromatic carbocycles. The minimum absolute atomic E-state index is 0.249. The number of likely N-dealkylation sites (N-methyl/N-ethyl adjacent to an activating group) is 1. The summed E-state index contributed by atoms with van der Waals surface area (Å²) in [5.41, 5.74) is 2.43. The lowest BCUT2D eigenvalue weighted by molar-refractivity contribution is -0.144. The van der Waals surface area contributed by atoms with Gasteiger partial charge in [-0.15, -0.1) is 0 Å². The molecule has 0 saturated carbocycles. The van der Waals surface area contributed by atoms with E-state index in [1.165, 1.54) is 30.4 Å². The molecule has 2 aliphatic heterocycles. The molecule has 1 N–H and O–H groups in total. The molecule has 6 nitrogen and oxygen atoms in total. The summed E-state index contributed by atoms with van der Waals surface area (Å²) in [6, 6.07) is 0.278. The predicted molar refractivity (Wildman–Crippen MR) is 115 cm³/mol. The number of likely N-dealkylation sites (tertiary alicyclic amines) is 2. The van der Waals surface area contributed by atoms with Crippen LogP contribution in [-0.4, -0.2) is 64.8 Å². The van der Waals surface area contributed by atoms with Gasteiger partial charge in [0.15, 0.2) is 0 Å². The van der Waals surface area contributed by atoms with Crippen LogP contribution in [0.5, 0.6) is 0 Å². The predicted octanol–water partition coefficient (Wildman–Crippen LogP) is 2.81. The van der Waals surface area contributed by atoms with Crippen molar-refractivity contribution in [2.24, 2.45) is 5.41 Å². The fourth-order valence-corrected chi connectivity index (χ4v) is 5.53. The topological polar surface area (TPSA) is 53.4 Å². The fourth-order valence-electron chi connectivity index (χ4n) is 5.53. The molecular weight excluding hydrogens is 362 g/mol. The van der Waals surface area contributed by atoms with Gasteiger partial charge in [0.25, 0.3) is 0 Å². The second-order valence-electron chi connectivity index (χ2n) is 9.25. The number of aryl methyl sites for hydroxylation is 1. The molecule has 2 atom stereocenters. The average Bonchev–Trinajstić information content (AvgIpc) is 3.21. The molecule has 1 amide bonds. The minimum atomic E-state index is -0.249. The van der Waals surface area contributed by atoms with Crippen molar-refractivity contribution in [2.45, 2.75) is 71.0 Å². The van der Waals surface area contributed by atoms with Gasteiger partial charge in [0.05, 0.1) is 11.6 Å². The quantitative estimate of drug-likeness (QED) is 0.748. The molecule has 4 rings (SSSR count). The maximum Gasteiger partial charge on any atom is 0.228 e. The Balaban J connectivity index is 1.49. The first-order valence-corrected chi connectivity index (χ1v) is 11.5. The molecule has 0 radical (unpaired) electrons. The highest BCUT2D eigenvalue weighted by molar-refractivity contribution is 5.84. The van der Waals surface area contributed by atoms with E-state index in [2.05, 4.69) is 46.5 Å². The van der Waals surface area contributed by atoms with Crippen molar-refractivity contribution in [3.8, 4) is 0 Å². The van der Waals surface area contributed by atoms with E-state index >= 15 is 0 Å². The summed E-state index contributed by atoms with van der Waals surface area (Å²) in [5.74, 6) is 0.288. The second kappa shape index (κ2) is 9.00. The monoisotopic (exact) mass is 399 g/mol. The van der Waals surface area contributed by atoms with Crippen LogP contribution in [0.4, 0.5) is 0 Å². The summed E-state index contributed by atoms with van der Waals surface area (Å²) in [5, 5.41) is 7.80. The van der Waals surface area contributed by atoms with Gasteiger partial charge < -0.3 is 10.2 Å². The van der Waals surface area contributed by atoms with E-state index < -0.39 is 0 Å². The number of aromatic nitrogens is 2. The van der Waals surface area contributed by atoms with E-state index in [-0.39, 0.29) is 17.4 Å². The Hall–Kier alpha value is -1.66. The van der Waals surface area contributed by atoms with Crippen molar-refractivity contribution in [3.63, 3.8) is 0 Å². The van der Waals surface area contributed by atoms with Crippen LogP contribution >= 0.6 is 0 Å². The van der Waals surface area contributed by atoms with E-state index in [1.54, 1.807) is 0 Å².